The van der Waals surface area contributed by atoms with Gasteiger partial charge in [-0.3, -0.25) is 4.72 Å². The van der Waals surface area contributed by atoms with Gasteiger partial charge < -0.3 is 0 Å². The zero-order valence-electron chi connectivity index (χ0n) is 9.46. The zero-order valence-corrected chi connectivity index (χ0v) is 11.0. The highest BCUT2D eigenvalue weighted by molar-refractivity contribution is 7.92. The fourth-order valence-corrected chi connectivity index (χ4v) is 2.62. The Bertz CT molecular complexity index is 673. The topological polar surface area (TPSA) is 72.0 Å². The third kappa shape index (κ3) is 2.96. The first kappa shape index (κ1) is 12.8. The number of benzene rings is 1. The predicted octanol–water partition coefficient (Wildman–Crippen LogP) is 2.24. The van der Waals surface area contributed by atoms with Gasteiger partial charge in [-0.05, 0) is 24.6 Å². The van der Waals surface area contributed by atoms with Gasteiger partial charge in [0.15, 0.2) is 0 Å². The average Bonchev–Trinajstić information content (AvgIpc) is 2.28. The molecule has 2 rings (SSSR count). The van der Waals surface area contributed by atoms with Crippen LogP contribution < -0.4 is 4.72 Å². The quantitative estimate of drug-likeness (QED) is 0.877. The summed E-state index contributed by atoms with van der Waals surface area (Å²) >= 11 is 5.66. The van der Waals surface area contributed by atoms with Gasteiger partial charge >= 0.3 is 0 Å². The van der Waals surface area contributed by atoms with Crippen molar-refractivity contribution in [3.05, 3.63) is 47.4 Å². The monoisotopic (exact) mass is 283 g/mol. The van der Waals surface area contributed by atoms with Crippen molar-refractivity contribution in [3.63, 3.8) is 0 Å². The summed E-state index contributed by atoms with van der Waals surface area (Å²) in [6, 6.07) is 7.93. The van der Waals surface area contributed by atoms with Gasteiger partial charge in [0.05, 0.1) is 4.90 Å². The smallest absolute Gasteiger partial charge is 0.263 e. The van der Waals surface area contributed by atoms with Crippen LogP contribution in [0.3, 0.4) is 0 Å². The molecule has 2 aromatic rings. The Labute approximate surface area is 110 Å². The van der Waals surface area contributed by atoms with E-state index in [1.807, 2.05) is 13.0 Å². The lowest BCUT2D eigenvalue weighted by Gasteiger charge is -2.07. The van der Waals surface area contributed by atoms with Crippen LogP contribution >= 0.6 is 11.6 Å². The minimum Gasteiger partial charge on any atom is -0.263 e. The number of anilines is 1. The van der Waals surface area contributed by atoms with Crippen molar-refractivity contribution in [1.29, 1.82) is 0 Å². The molecule has 0 bridgehead atoms. The van der Waals surface area contributed by atoms with Crippen LogP contribution in [0, 0.1) is 6.92 Å². The molecule has 1 aromatic carbocycles. The fraction of sp³-hybridized carbons (Fsp3) is 0.0909. The van der Waals surface area contributed by atoms with Crippen LogP contribution in [0.15, 0.2) is 41.6 Å². The molecule has 0 spiro atoms. The lowest BCUT2D eigenvalue weighted by atomic mass is 10.2. The number of hydrogen-bond donors (Lipinski definition) is 1. The van der Waals surface area contributed by atoms with E-state index in [0.29, 0.717) is 0 Å². The number of nitrogens with one attached hydrogen (secondary N) is 1. The lowest BCUT2D eigenvalue weighted by Crippen LogP contribution is -2.14. The van der Waals surface area contributed by atoms with Crippen LogP contribution in [-0.4, -0.2) is 18.4 Å². The lowest BCUT2D eigenvalue weighted by molar-refractivity contribution is 0.601. The summed E-state index contributed by atoms with van der Waals surface area (Å²) in [7, 11) is -3.65. The first-order chi connectivity index (χ1) is 8.47. The maximum atomic E-state index is 12.1. The molecule has 0 amide bonds. The zero-order chi connectivity index (χ0) is 13.2. The second-order valence-corrected chi connectivity index (χ2v) is 5.72. The van der Waals surface area contributed by atoms with E-state index in [1.165, 1.54) is 18.5 Å². The van der Waals surface area contributed by atoms with Crippen molar-refractivity contribution in [2.75, 3.05) is 4.72 Å². The molecular formula is C11H10ClN3O2S. The van der Waals surface area contributed by atoms with E-state index in [-0.39, 0.29) is 15.9 Å². The largest absolute Gasteiger partial charge is 0.263 e. The summed E-state index contributed by atoms with van der Waals surface area (Å²) in [5.41, 5.74) is 0.860. The number of rotatable bonds is 3. The molecule has 94 valence electrons. The Morgan fingerprint density at radius 1 is 1.22 bits per heavy atom. The van der Waals surface area contributed by atoms with Crippen LogP contribution in [0.1, 0.15) is 5.56 Å². The van der Waals surface area contributed by atoms with E-state index in [9.17, 15) is 8.42 Å². The summed E-state index contributed by atoms with van der Waals surface area (Å²) in [6.45, 7) is 1.82. The molecule has 0 aliphatic carbocycles. The van der Waals surface area contributed by atoms with Gasteiger partial charge in [-0.2, -0.15) is 0 Å². The summed E-state index contributed by atoms with van der Waals surface area (Å²) in [5, 5.41) is 0.173. The number of nitrogens with zero attached hydrogens (tertiary/aromatic N) is 2. The minimum absolute atomic E-state index is 0.136. The van der Waals surface area contributed by atoms with Crippen molar-refractivity contribution in [1.82, 2.24) is 9.97 Å². The van der Waals surface area contributed by atoms with E-state index in [4.69, 9.17) is 11.6 Å². The molecule has 0 saturated heterocycles. The SMILES string of the molecule is Cc1cccc(S(=O)(=O)Nc2cc(Cl)ncn2)c1. The van der Waals surface area contributed by atoms with E-state index in [0.717, 1.165) is 5.56 Å². The van der Waals surface area contributed by atoms with Gasteiger partial charge in [0.1, 0.15) is 17.3 Å². The van der Waals surface area contributed by atoms with Crippen LogP contribution in [0.2, 0.25) is 5.15 Å². The molecule has 0 aliphatic rings. The number of halogens is 1. The molecule has 0 fully saturated rings. The van der Waals surface area contributed by atoms with E-state index < -0.39 is 10.0 Å². The molecule has 1 aromatic heterocycles. The third-order valence-corrected chi connectivity index (χ3v) is 3.73. The van der Waals surface area contributed by atoms with Crippen LogP contribution in [0.4, 0.5) is 5.82 Å². The Kier molecular flexibility index (Phi) is 3.49. The first-order valence-corrected chi connectivity index (χ1v) is 6.90. The Morgan fingerprint density at radius 3 is 2.67 bits per heavy atom. The highest BCUT2D eigenvalue weighted by Gasteiger charge is 2.14. The normalized spacial score (nSPS) is 11.2. The van der Waals surface area contributed by atoms with Crippen LogP contribution in [0.5, 0.6) is 0 Å². The highest BCUT2D eigenvalue weighted by Crippen LogP contribution is 2.16. The van der Waals surface area contributed by atoms with E-state index in [1.54, 1.807) is 12.1 Å². The molecule has 1 N–H and O–H groups in total. The van der Waals surface area contributed by atoms with Gasteiger partial charge in [-0.25, -0.2) is 18.4 Å². The van der Waals surface area contributed by atoms with Gasteiger partial charge in [0.25, 0.3) is 10.0 Å². The molecular weight excluding hydrogens is 274 g/mol. The second kappa shape index (κ2) is 4.91. The molecule has 0 unspecified atom stereocenters. The highest BCUT2D eigenvalue weighted by atomic mass is 35.5. The van der Waals surface area contributed by atoms with Gasteiger partial charge in [0, 0.05) is 6.07 Å². The Balaban J connectivity index is 2.33. The van der Waals surface area contributed by atoms with Crippen molar-refractivity contribution >= 4 is 27.4 Å². The fourth-order valence-electron chi connectivity index (χ4n) is 1.37. The van der Waals surface area contributed by atoms with Crippen LogP contribution in [0.25, 0.3) is 0 Å². The standard InChI is InChI=1S/C11H10ClN3O2S/c1-8-3-2-4-9(5-8)18(16,17)15-11-6-10(12)13-7-14-11/h2-7H,1H3,(H,13,14,15). The molecule has 0 saturated carbocycles. The van der Waals surface area contributed by atoms with Crippen molar-refractivity contribution in [2.45, 2.75) is 11.8 Å². The molecule has 7 heteroatoms. The number of hydrogen-bond acceptors (Lipinski definition) is 4. The van der Waals surface area contributed by atoms with Gasteiger partial charge in [-0.15, -0.1) is 0 Å². The number of aromatic nitrogens is 2. The Morgan fingerprint density at radius 2 is 2.00 bits per heavy atom. The molecule has 0 aliphatic heterocycles. The molecule has 0 atom stereocenters. The second-order valence-electron chi connectivity index (χ2n) is 3.65. The first-order valence-electron chi connectivity index (χ1n) is 5.04. The van der Waals surface area contributed by atoms with Crippen LogP contribution in [-0.2, 0) is 10.0 Å². The van der Waals surface area contributed by atoms with Gasteiger partial charge in [-0.1, -0.05) is 23.7 Å². The third-order valence-electron chi connectivity index (χ3n) is 2.17. The summed E-state index contributed by atoms with van der Waals surface area (Å²) < 4.78 is 26.4. The summed E-state index contributed by atoms with van der Waals surface area (Å²) in [5.74, 6) is 0.136. The van der Waals surface area contributed by atoms with E-state index in [2.05, 4.69) is 14.7 Å². The Hall–Kier alpha value is -1.66. The minimum atomic E-state index is -3.65. The van der Waals surface area contributed by atoms with Gasteiger partial charge in [0.2, 0.25) is 0 Å². The predicted molar refractivity (Wildman–Crippen MR) is 69.0 cm³/mol. The summed E-state index contributed by atoms with van der Waals surface area (Å²) in [6.07, 6.45) is 1.19. The average molecular weight is 284 g/mol. The molecule has 0 radical (unpaired) electrons. The molecule has 1 heterocycles. The summed E-state index contributed by atoms with van der Waals surface area (Å²) in [4.78, 5) is 7.64. The van der Waals surface area contributed by atoms with E-state index >= 15 is 0 Å². The number of aryl methyl sites for hydroxylation is 1. The molecule has 18 heavy (non-hydrogen) atoms. The number of sulfonamides is 1. The maximum Gasteiger partial charge on any atom is 0.263 e. The van der Waals surface area contributed by atoms with Crippen molar-refractivity contribution in [2.24, 2.45) is 0 Å². The van der Waals surface area contributed by atoms with Crippen molar-refractivity contribution in [3.8, 4) is 0 Å². The maximum absolute atomic E-state index is 12.1. The molecule has 5 nitrogen and oxygen atoms in total. The van der Waals surface area contributed by atoms with Crippen molar-refractivity contribution < 1.29 is 8.42 Å².